The van der Waals surface area contributed by atoms with Gasteiger partial charge in [-0.05, 0) is 71.5 Å². The zero-order valence-electron chi connectivity index (χ0n) is 24.7. The molecule has 1 unspecified atom stereocenters. The first kappa shape index (κ1) is 31.3. The molecule has 0 spiro atoms. The van der Waals surface area contributed by atoms with Crippen molar-refractivity contribution < 1.29 is 14.7 Å². The van der Waals surface area contributed by atoms with E-state index in [1.165, 1.54) is 0 Å². The van der Waals surface area contributed by atoms with Crippen molar-refractivity contribution in [3.05, 3.63) is 120 Å². The van der Waals surface area contributed by atoms with E-state index in [2.05, 4.69) is 22.3 Å². The Morgan fingerprint density at radius 1 is 0.860 bits per heavy atom. The monoisotopic (exact) mass is 579 g/mol. The van der Waals surface area contributed by atoms with E-state index >= 15 is 0 Å². The molecule has 0 heterocycles. The molecule has 0 saturated heterocycles. The average Bonchev–Trinajstić information content (AvgIpc) is 3.04. The Balaban J connectivity index is 1.53. The highest BCUT2D eigenvalue weighted by atomic mass is 16.3. The Morgan fingerprint density at radius 2 is 1.58 bits per heavy atom. The average molecular weight is 580 g/mol. The summed E-state index contributed by atoms with van der Waals surface area (Å²) < 4.78 is 0. The maximum absolute atomic E-state index is 13.7. The van der Waals surface area contributed by atoms with Gasteiger partial charge >= 0.3 is 0 Å². The van der Waals surface area contributed by atoms with Crippen molar-refractivity contribution in [3.63, 3.8) is 0 Å². The van der Waals surface area contributed by atoms with Crippen molar-refractivity contribution >= 4 is 17.5 Å². The largest absolute Gasteiger partial charge is 0.508 e. The number of rotatable bonds is 14. The van der Waals surface area contributed by atoms with E-state index in [0.29, 0.717) is 38.2 Å². The number of aromatic hydroxyl groups is 1. The molecule has 0 bridgehead atoms. The van der Waals surface area contributed by atoms with Crippen molar-refractivity contribution in [2.24, 2.45) is 11.5 Å². The Morgan fingerprint density at radius 3 is 2.33 bits per heavy atom. The number of phenols is 1. The van der Waals surface area contributed by atoms with Crippen LogP contribution in [0.4, 0.5) is 5.69 Å². The summed E-state index contributed by atoms with van der Waals surface area (Å²) in [6, 6.07) is 31.6. The maximum atomic E-state index is 13.7. The number of carbonyl (C=O) groups is 2. The molecular formula is C35H41N5O3. The van der Waals surface area contributed by atoms with Crippen molar-refractivity contribution in [1.82, 2.24) is 10.2 Å². The third-order valence-corrected chi connectivity index (χ3v) is 7.35. The van der Waals surface area contributed by atoms with E-state index in [0.717, 1.165) is 40.9 Å². The van der Waals surface area contributed by atoms with Crippen LogP contribution in [0.15, 0.2) is 103 Å². The van der Waals surface area contributed by atoms with Crippen LogP contribution in [0.5, 0.6) is 5.75 Å². The minimum absolute atomic E-state index is 0.137. The molecule has 0 aliphatic heterocycles. The number of hydrogen-bond donors (Lipinski definition) is 4. The molecule has 0 radical (unpaired) electrons. The molecular weight excluding hydrogens is 538 g/mol. The van der Waals surface area contributed by atoms with Crippen molar-refractivity contribution in [2.45, 2.75) is 25.4 Å². The van der Waals surface area contributed by atoms with Gasteiger partial charge < -0.3 is 31.7 Å². The van der Waals surface area contributed by atoms with Gasteiger partial charge in [-0.25, -0.2) is 0 Å². The maximum Gasteiger partial charge on any atom is 0.251 e. The van der Waals surface area contributed by atoms with Crippen LogP contribution in [0.1, 0.15) is 27.9 Å². The molecule has 2 amide bonds. The highest BCUT2D eigenvalue weighted by Gasteiger charge is 2.22. The van der Waals surface area contributed by atoms with Gasteiger partial charge in [-0.3, -0.25) is 9.59 Å². The predicted molar refractivity (Wildman–Crippen MR) is 173 cm³/mol. The summed E-state index contributed by atoms with van der Waals surface area (Å²) >= 11 is 0. The molecule has 224 valence electrons. The van der Waals surface area contributed by atoms with E-state index < -0.39 is 6.04 Å². The zero-order chi connectivity index (χ0) is 30.6. The Labute approximate surface area is 253 Å². The van der Waals surface area contributed by atoms with Gasteiger partial charge in [-0.2, -0.15) is 0 Å². The highest BCUT2D eigenvalue weighted by molar-refractivity contribution is 6.00. The first-order valence-electron chi connectivity index (χ1n) is 14.6. The number of benzene rings is 4. The zero-order valence-corrected chi connectivity index (χ0v) is 24.7. The van der Waals surface area contributed by atoms with Gasteiger partial charge in [0.1, 0.15) is 5.75 Å². The Hall–Kier alpha value is -4.66. The van der Waals surface area contributed by atoms with E-state index in [9.17, 15) is 14.7 Å². The lowest BCUT2D eigenvalue weighted by Gasteiger charge is -2.28. The van der Waals surface area contributed by atoms with Crippen LogP contribution in [0, 0.1) is 0 Å². The van der Waals surface area contributed by atoms with Gasteiger partial charge in [0.05, 0.1) is 6.04 Å². The van der Waals surface area contributed by atoms with Gasteiger partial charge in [0.2, 0.25) is 5.91 Å². The van der Waals surface area contributed by atoms with Crippen LogP contribution < -0.4 is 21.7 Å². The fraction of sp³-hybridized carbons (Fsp3) is 0.257. The summed E-state index contributed by atoms with van der Waals surface area (Å²) in [5, 5.41) is 12.5. The van der Waals surface area contributed by atoms with Gasteiger partial charge in [0.15, 0.2) is 0 Å². The van der Waals surface area contributed by atoms with Crippen molar-refractivity contribution in [1.29, 1.82) is 0 Å². The van der Waals surface area contributed by atoms with Crippen molar-refractivity contribution in [3.8, 4) is 16.9 Å². The lowest BCUT2D eigenvalue weighted by atomic mass is 9.97. The second kappa shape index (κ2) is 15.5. The van der Waals surface area contributed by atoms with Gasteiger partial charge in [-0.1, -0.05) is 66.7 Å². The highest BCUT2D eigenvalue weighted by Crippen LogP contribution is 2.25. The minimum Gasteiger partial charge on any atom is -0.508 e. The number of amides is 2. The first-order chi connectivity index (χ1) is 20.9. The van der Waals surface area contributed by atoms with Crippen LogP contribution in [0.3, 0.4) is 0 Å². The second-order valence-corrected chi connectivity index (χ2v) is 10.6. The lowest BCUT2D eigenvalue weighted by Crippen LogP contribution is -2.45. The molecule has 0 fully saturated rings. The van der Waals surface area contributed by atoms with Crippen LogP contribution >= 0.6 is 0 Å². The fourth-order valence-corrected chi connectivity index (χ4v) is 5.06. The summed E-state index contributed by atoms with van der Waals surface area (Å²) in [4.78, 5) is 30.6. The van der Waals surface area contributed by atoms with Crippen molar-refractivity contribution in [2.75, 3.05) is 38.1 Å². The summed E-state index contributed by atoms with van der Waals surface area (Å²) in [6.45, 7) is 2.44. The smallest absolute Gasteiger partial charge is 0.251 e. The Bertz CT molecular complexity index is 1480. The molecule has 0 aromatic heterocycles. The quantitative estimate of drug-likeness (QED) is 0.178. The molecule has 43 heavy (non-hydrogen) atoms. The molecule has 6 N–H and O–H groups in total. The first-order valence-corrected chi connectivity index (χ1v) is 14.6. The normalized spacial score (nSPS) is 11.5. The SMILES string of the molecule is CN(CCCN(Cc1cccc(-c2ccccc2C(=O)NCCN)c1)C(=O)C(N)Cc1ccc(O)cc1)c1ccccc1. The standard InChI is InChI=1S/C35H41N5O3/c1-39(29-11-3-2-4-12-29)21-8-22-40(35(43)33(37)24-26-15-17-30(41)18-16-26)25-27-9-7-10-28(23-27)31-13-5-6-14-32(31)34(42)38-20-19-36/h2-7,9-18,23,33,41H,8,19-22,24-25,36-37H2,1H3,(H,38,42). The molecule has 0 saturated carbocycles. The van der Waals surface area contributed by atoms with E-state index in [4.69, 9.17) is 11.5 Å². The summed E-state index contributed by atoms with van der Waals surface area (Å²) in [7, 11) is 2.04. The van der Waals surface area contributed by atoms with E-state index in [1.54, 1.807) is 30.3 Å². The van der Waals surface area contributed by atoms with Gasteiger partial charge in [-0.15, -0.1) is 0 Å². The third-order valence-electron chi connectivity index (χ3n) is 7.35. The minimum atomic E-state index is -0.730. The number of carbonyl (C=O) groups excluding carboxylic acids is 2. The van der Waals surface area contributed by atoms with E-state index in [-0.39, 0.29) is 17.6 Å². The summed E-state index contributed by atoms with van der Waals surface area (Å²) in [6.07, 6.45) is 1.12. The number of nitrogens with zero attached hydrogens (tertiary/aromatic N) is 2. The molecule has 4 rings (SSSR count). The van der Waals surface area contributed by atoms with Gasteiger partial charge in [0, 0.05) is 51.0 Å². The van der Waals surface area contributed by atoms with Gasteiger partial charge in [0.25, 0.3) is 5.91 Å². The molecule has 0 aliphatic rings. The number of para-hydroxylation sites is 1. The Kier molecular flexibility index (Phi) is 11.3. The molecule has 4 aromatic carbocycles. The molecule has 8 heteroatoms. The number of hydrogen-bond acceptors (Lipinski definition) is 6. The number of anilines is 1. The predicted octanol–water partition coefficient (Wildman–Crippen LogP) is 4.17. The topological polar surface area (TPSA) is 125 Å². The third kappa shape index (κ3) is 8.91. The van der Waals surface area contributed by atoms with Crippen LogP contribution in [-0.2, 0) is 17.8 Å². The van der Waals surface area contributed by atoms with Crippen LogP contribution in [0.25, 0.3) is 11.1 Å². The molecule has 4 aromatic rings. The molecule has 8 nitrogen and oxygen atoms in total. The second-order valence-electron chi connectivity index (χ2n) is 10.6. The van der Waals surface area contributed by atoms with E-state index in [1.807, 2.05) is 72.6 Å². The van der Waals surface area contributed by atoms with Crippen LogP contribution in [0.2, 0.25) is 0 Å². The molecule has 0 aliphatic carbocycles. The number of nitrogens with two attached hydrogens (primary N) is 2. The molecule has 1 atom stereocenters. The fourth-order valence-electron chi connectivity index (χ4n) is 5.06. The summed E-state index contributed by atoms with van der Waals surface area (Å²) in [5.41, 5.74) is 17.2. The van der Waals surface area contributed by atoms with Crippen LogP contribution in [-0.4, -0.2) is 61.1 Å². The number of nitrogens with one attached hydrogen (secondary N) is 1. The lowest BCUT2D eigenvalue weighted by molar-refractivity contribution is -0.133. The summed E-state index contributed by atoms with van der Waals surface area (Å²) in [5.74, 6) is -0.139. The number of phenolic OH excluding ortho intramolecular Hbond substituents is 1.